The molecule has 1 aliphatic rings. The van der Waals surface area contributed by atoms with Crippen LogP contribution in [0.3, 0.4) is 0 Å². The van der Waals surface area contributed by atoms with Crippen molar-refractivity contribution in [2.75, 3.05) is 6.61 Å². The lowest BCUT2D eigenvalue weighted by Gasteiger charge is -2.01. The van der Waals surface area contributed by atoms with Gasteiger partial charge in [-0.15, -0.1) is 10.2 Å². The fourth-order valence-corrected chi connectivity index (χ4v) is 1.83. The molecule has 0 amide bonds. The van der Waals surface area contributed by atoms with Gasteiger partial charge < -0.3 is 9.15 Å². The van der Waals surface area contributed by atoms with Crippen LogP contribution in [0.5, 0.6) is 0 Å². The van der Waals surface area contributed by atoms with Crippen molar-refractivity contribution in [3.63, 3.8) is 0 Å². The molecule has 1 unspecified atom stereocenters. The summed E-state index contributed by atoms with van der Waals surface area (Å²) in [5.41, 5.74) is 0.944. The maximum absolute atomic E-state index is 5.61. The summed E-state index contributed by atoms with van der Waals surface area (Å²) in [5.74, 6) is 1.16. The molecule has 1 fully saturated rings. The predicted molar refractivity (Wildman–Crippen MR) is 57.7 cm³/mol. The van der Waals surface area contributed by atoms with Gasteiger partial charge in [-0.3, -0.25) is 0 Å². The molecule has 4 nitrogen and oxygen atoms in total. The highest BCUT2D eigenvalue weighted by atomic mass is 16.5. The van der Waals surface area contributed by atoms with E-state index in [1.165, 1.54) is 0 Å². The van der Waals surface area contributed by atoms with E-state index in [2.05, 4.69) is 10.2 Å². The zero-order valence-corrected chi connectivity index (χ0v) is 8.80. The Hall–Kier alpha value is -1.68. The van der Waals surface area contributed by atoms with Crippen molar-refractivity contribution in [2.45, 2.75) is 18.9 Å². The van der Waals surface area contributed by atoms with E-state index >= 15 is 0 Å². The van der Waals surface area contributed by atoms with Crippen LogP contribution in [0.25, 0.3) is 11.5 Å². The van der Waals surface area contributed by atoms with Gasteiger partial charge in [0.1, 0.15) is 6.10 Å². The zero-order chi connectivity index (χ0) is 10.8. The van der Waals surface area contributed by atoms with Crippen LogP contribution >= 0.6 is 0 Å². The molecule has 0 radical (unpaired) electrons. The Morgan fingerprint density at radius 2 is 2.00 bits per heavy atom. The van der Waals surface area contributed by atoms with Crippen LogP contribution < -0.4 is 0 Å². The number of hydrogen-bond donors (Lipinski definition) is 0. The summed E-state index contributed by atoms with van der Waals surface area (Å²) in [6.45, 7) is 0.785. The Balaban J connectivity index is 1.87. The average Bonchev–Trinajstić information content (AvgIpc) is 3.01. The number of ether oxygens (including phenoxy) is 1. The Labute approximate surface area is 93.3 Å². The number of aromatic nitrogens is 2. The summed E-state index contributed by atoms with van der Waals surface area (Å²) < 4.78 is 11.1. The quantitative estimate of drug-likeness (QED) is 0.774. The second-order valence-corrected chi connectivity index (χ2v) is 3.81. The van der Waals surface area contributed by atoms with E-state index in [0.717, 1.165) is 25.0 Å². The van der Waals surface area contributed by atoms with Gasteiger partial charge in [-0.05, 0) is 25.0 Å². The summed E-state index contributed by atoms with van der Waals surface area (Å²) in [5, 5.41) is 8.07. The summed E-state index contributed by atoms with van der Waals surface area (Å²) in [4.78, 5) is 0. The fraction of sp³-hybridized carbons (Fsp3) is 0.333. The van der Waals surface area contributed by atoms with Crippen LogP contribution in [0.1, 0.15) is 24.8 Å². The van der Waals surface area contributed by atoms with E-state index in [0.29, 0.717) is 11.8 Å². The first-order valence-electron chi connectivity index (χ1n) is 5.44. The highest BCUT2D eigenvalue weighted by Crippen LogP contribution is 2.29. The first-order valence-corrected chi connectivity index (χ1v) is 5.44. The smallest absolute Gasteiger partial charge is 0.247 e. The minimum Gasteiger partial charge on any atom is -0.418 e. The van der Waals surface area contributed by atoms with E-state index < -0.39 is 0 Å². The molecule has 2 aromatic rings. The first kappa shape index (κ1) is 9.54. The van der Waals surface area contributed by atoms with Gasteiger partial charge in [0.25, 0.3) is 0 Å². The van der Waals surface area contributed by atoms with Crippen LogP contribution in [-0.2, 0) is 4.74 Å². The molecule has 0 bridgehead atoms. The highest BCUT2D eigenvalue weighted by molar-refractivity contribution is 5.51. The summed E-state index contributed by atoms with van der Waals surface area (Å²) in [6.07, 6.45) is 2.02. The Morgan fingerprint density at radius 1 is 1.12 bits per heavy atom. The normalized spacial score (nSPS) is 20.1. The van der Waals surface area contributed by atoms with Crippen molar-refractivity contribution < 1.29 is 9.15 Å². The third-order valence-electron chi connectivity index (χ3n) is 2.67. The molecule has 1 aromatic heterocycles. The maximum atomic E-state index is 5.61. The van der Waals surface area contributed by atoms with Crippen LogP contribution in [0, 0.1) is 0 Å². The molecule has 0 spiro atoms. The highest BCUT2D eigenvalue weighted by Gasteiger charge is 2.23. The van der Waals surface area contributed by atoms with Crippen molar-refractivity contribution in [1.82, 2.24) is 10.2 Å². The second-order valence-electron chi connectivity index (χ2n) is 3.81. The van der Waals surface area contributed by atoms with Gasteiger partial charge in [-0.1, -0.05) is 18.2 Å². The summed E-state index contributed by atoms with van der Waals surface area (Å²) in [7, 11) is 0. The number of hydrogen-bond acceptors (Lipinski definition) is 4. The standard InChI is InChI=1S/C12H12N2O2/c1-2-5-9(6-3-1)11-13-14-12(16-11)10-7-4-8-15-10/h1-3,5-6,10H,4,7-8H2. The molecular formula is C12H12N2O2. The van der Waals surface area contributed by atoms with E-state index in [9.17, 15) is 0 Å². The van der Waals surface area contributed by atoms with Crippen LogP contribution in [0.2, 0.25) is 0 Å². The van der Waals surface area contributed by atoms with Gasteiger partial charge in [-0.25, -0.2) is 0 Å². The molecule has 0 saturated carbocycles. The Morgan fingerprint density at radius 3 is 2.75 bits per heavy atom. The minimum absolute atomic E-state index is 0.00929. The van der Waals surface area contributed by atoms with Crippen molar-refractivity contribution in [1.29, 1.82) is 0 Å². The molecule has 4 heteroatoms. The molecule has 82 valence electrons. The van der Waals surface area contributed by atoms with E-state index in [-0.39, 0.29) is 6.10 Å². The molecule has 0 N–H and O–H groups in total. The lowest BCUT2D eigenvalue weighted by molar-refractivity contribution is 0.0896. The third-order valence-corrected chi connectivity index (χ3v) is 2.67. The molecule has 1 saturated heterocycles. The van der Waals surface area contributed by atoms with Crippen LogP contribution in [0.4, 0.5) is 0 Å². The number of nitrogens with zero attached hydrogens (tertiary/aromatic N) is 2. The topological polar surface area (TPSA) is 48.2 Å². The van der Waals surface area contributed by atoms with Gasteiger partial charge >= 0.3 is 0 Å². The monoisotopic (exact) mass is 216 g/mol. The second kappa shape index (κ2) is 4.06. The molecule has 2 heterocycles. The lowest BCUT2D eigenvalue weighted by atomic mass is 10.2. The molecular weight excluding hydrogens is 204 g/mol. The van der Waals surface area contributed by atoms with Gasteiger partial charge in [0.2, 0.25) is 11.8 Å². The predicted octanol–water partition coefficient (Wildman–Crippen LogP) is 2.59. The van der Waals surface area contributed by atoms with E-state index in [4.69, 9.17) is 9.15 Å². The van der Waals surface area contributed by atoms with Crippen molar-refractivity contribution in [2.24, 2.45) is 0 Å². The minimum atomic E-state index is -0.00929. The van der Waals surface area contributed by atoms with Crippen molar-refractivity contribution in [3.05, 3.63) is 36.2 Å². The van der Waals surface area contributed by atoms with Crippen LogP contribution in [-0.4, -0.2) is 16.8 Å². The van der Waals surface area contributed by atoms with Crippen molar-refractivity contribution in [3.8, 4) is 11.5 Å². The maximum Gasteiger partial charge on any atom is 0.247 e. The molecule has 1 aliphatic heterocycles. The first-order chi connectivity index (χ1) is 7.93. The summed E-state index contributed by atoms with van der Waals surface area (Å²) in [6, 6.07) is 9.76. The average molecular weight is 216 g/mol. The Bertz CT molecular complexity index is 461. The van der Waals surface area contributed by atoms with E-state index in [1.807, 2.05) is 30.3 Å². The van der Waals surface area contributed by atoms with Gasteiger partial charge in [0.05, 0.1) is 0 Å². The molecule has 1 aromatic carbocycles. The fourth-order valence-electron chi connectivity index (χ4n) is 1.83. The third kappa shape index (κ3) is 1.72. The van der Waals surface area contributed by atoms with Gasteiger partial charge in [0.15, 0.2) is 0 Å². The lowest BCUT2D eigenvalue weighted by Crippen LogP contribution is -1.95. The van der Waals surface area contributed by atoms with E-state index in [1.54, 1.807) is 0 Å². The molecule has 0 aliphatic carbocycles. The molecule has 16 heavy (non-hydrogen) atoms. The molecule has 1 atom stereocenters. The van der Waals surface area contributed by atoms with Crippen molar-refractivity contribution >= 4 is 0 Å². The zero-order valence-electron chi connectivity index (χ0n) is 8.80. The van der Waals surface area contributed by atoms with Gasteiger partial charge in [-0.2, -0.15) is 0 Å². The Kier molecular flexibility index (Phi) is 2.42. The number of benzene rings is 1. The SMILES string of the molecule is c1ccc(-c2nnc(C3CCCO3)o2)cc1. The summed E-state index contributed by atoms with van der Waals surface area (Å²) >= 11 is 0. The van der Waals surface area contributed by atoms with Gasteiger partial charge in [0, 0.05) is 12.2 Å². The number of rotatable bonds is 2. The molecule has 3 rings (SSSR count). The van der Waals surface area contributed by atoms with Crippen LogP contribution in [0.15, 0.2) is 34.7 Å². The largest absolute Gasteiger partial charge is 0.418 e.